The zero-order valence-electron chi connectivity index (χ0n) is 13.9. The highest BCUT2D eigenvalue weighted by Gasteiger charge is 2.19. The fourth-order valence-electron chi connectivity index (χ4n) is 3.56. The van der Waals surface area contributed by atoms with E-state index in [1.807, 2.05) is 14.0 Å². The Morgan fingerprint density at radius 3 is 2.73 bits per heavy atom. The topological polar surface area (TPSA) is 50.3 Å². The van der Waals surface area contributed by atoms with Gasteiger partial charge in [-0.2, -0.15) is 0 Å². The van der Waals surface area contributed by atoms with Crippen LogP contribution in [0.3, 0.4) is 0 Å². The quantitative estimate of drug-likeness (QED) is 0.903. The van der Waals surface area contributed by atoms with E-state index in [0.717, 1.165) is 63.5 Å². The van der Waals surface area contributed by atoms with E-state index in [-0.39, 0.29) is 0 Å². The molecule has 0 bridgehead atoms. The minimum absolute atomic E-state index is 0.459. The number of hydrogen-bond acceptors (Lipinski definition) is 5. The average Bonchev–Trinajstić information content (AvgIpc) is 2.55. The average molecular weight is 304 g/mol. The van der Waals surface area contributed by atoms with Crippen molar-refractivity contribution in [1.82, 2.24) is 14.9 Å². The molecule has 0 spiro atoms. The molecule has 5 nitrogen and oxygen atoms in total. The number of rotatable bonds is 5. The number of aryl methyl sites for hydroxylation is 2. The van der Waals surface area contributed by atoms with Crippen LogP contribution in [0, 0.1) is 6.92 Å². The first kappa shape index (κ1) is 15.7. The maximum atomic E-state index is 5.43. The number of piperidine rings is 1. The van der Waals surface area contributed by atoms with Crippen molar-refractivity contribution in [1.29, 1.82) is 0 Å². The summed E-state index contributed by atoms with van der Waals surface area (Å²) in [7, 11) is 1.82. The summed E-state index contributed by atoms with van der Waals surface area (Å²) in [5.41, 5.74) is 2.62. The van der Waals surface area contributed by atoms with Crippen LogP contribution in [0.1, 0.15) is 42.8 Å². The normalized spacial score (nSPS) is 19.9. The van der Waals surface area contributed by atoms with Gasteiger partial charge < -0.3 is 15.0 Å². The molecule has 1 aromatic heterocycles. The second-order valence-corrected chi connectivity index (χ2v) is 6.46. The number of nitrogens with zero attached hydrogens (tertiary/aromatic N) is 3. The van der Waals surface area contributed by atoms with Gasteiger partial charge in [-0.05, 0) is 45.4 Å². The number of aromatic nitrogens is 2. The molecule has 1 N–H and O–H groups in total. The summed E-state index contributed by atoms with van der Waals surface area (Å²) in [4.78, 5) is 11.8. The van der Waals surface area contributed by atoms with Gasteiger partial charge in [0.15, 0.2) is 0 Å². The number of nitrogens with one attached hydrogen (secondary N) is 1. The molecule has 1 saturated heterocycles. The number of hydrogen-bond donors (Lipinski definition) is 1. The lowest BCUT2D eigenvalue weighted by Gasteiger charge is -2.31. The lowest BCUT2D eigenvalue weighted by molar-refractivity contribution is 0.0423. The number of fused-ring (bicyclic) bond motifs is 1. The second kappa shape index (κ2) is 7.38. The fraction of sp³-hybridized carbons (Fsp3) is 0.765. The van der Waals surface area contributed by atoms with Crippen molar-refractivity contribution in [2.75, 3.05) is 38.6 Å². The third-order valence-corrected chi connectivity index (χ3v) is 4.88. The molecule has 0 atom stereocenters. The van der Waals surface area contributed by atoms with Crippen molar-refractivity contribution < 1.29 is 4.74 Å². The first-order valence-corrected chi connectivity index (χ1v) is 8.61. The van der Waals surface area contributed by atoms with Crippen molar-refractivity contribution in [3.8, 4) is 0 Å². The molecule has 3 rings (SSSR count). The van der Waals surface area contributed by atoms with Crippen molar-refractivity contribution in [3.63, 3.8) is 0 Å². The fourth-order valence-corrected chi connectivity index (χ4v) is 3.56. The zero-order chi connectivity index (χ0) is 15.4. The Morgan fingerprint density at radius 2 is 1.95 bits per heavy atom. The second-order valence-electron chi connectivity index (χ2n) is 6.46. The first-order chi connectivity index (χ1) is 10.8. The third kappa shape index (κ3) is 3.76. The van der Waals surface area contributed by atoms with Crippen LogP contribution in [0.25, 0.3) is 0 Å². The zero-order valence-corrected chi connectivity index (χ0v) is 13.9. The third-order valence-electron chi connectivity index (χ3n) is 4.88. The minimum Gasteiger partial charge on any atom is -0.381 e. The Morgan fingerprint density at radius 1 is 1.18 bits per heavy atom. The van der Waals surface area contributed by atoms with E-state index in [0.29, 0.717) is 6.10 Å². The molecule has 22 heavy (non-hydrogen) atoms. The van der Waals surface area contributed by atoms with Gasteiger partial charge >= 0.3 is 0 Å². The van der Waals surface area contributed by atoms with Gasteiger partial charge in [-0.15, -0.1) is 0 Å². The van der Waals surface area contributed by atoms with Crippen LogP contribution in [-0.2, 0) is 17.6 Å². The number of anilines is 1. The summed E-state index contributed by atoms with van der Waals surface area (Å²) in [6.45, 7) is 6.31. The molecule has 122 valence electrons. The highest BCUT2D eigenvalue weighted by molar-refractivity contribution is 5.47. The highest BCUT2D eigenvalue weighted by atomic mass is 16.5. The van der Waals surface area contributed by atoms with E-state index in [4.69, 9.17) is 4.74 Å². The molecule has 5 heteroatoms. The van der Waals surface area contributed by atoms with Gasteiger partial charge in [0.2, 0.25) is 0 Å². The largest absolute Gasteiger partial charge is 0.381 e. The molecular formula is C17H28N4O. The molecule has 0 unspecified atom stereocenters. The van der Waals surface area contributed by atoms with Crippen LogP contribution in [0.2, 0.25) is 0 Å². The van der Waals surface area contributed by atoms with Gasteiger partial charge in [0, 0.05) is 44.5 Å². The molecule has 0 radical (unpaired) electrons. The van der Waals surface area contributed by atoms with Gasteiger partial charge in [-0.3, -0.25) is 0 Å². The predicted octanol–water partition coefficient (Wildman–Crippen LogP) is 2.19. The van der Waals surface area contributed by atoms with Crippen molar-refractivity contribution in [3.05, 3.63) is 17.1 Å². The van der Waals surface area contributed by atoms with Crippen molar-refractivity contribution >= 4 is 5.82 Å². The molecule has 1 aliphatic carbocycles. The standard InChI is InChI=1S/C17H28N4O/c1-13-19-16-6-4-3-5-15(16)17(20-13)18-9-12-21-10-7-14(22-2)8-11-21/h14H,3-12H2,1-2H3,(H,18,19,20). The SMILES string of the molecule is COC1CCN(CCNc2nc(C)nc3c2CCCC3)CC1. The van der Waals surface area contributed by atoms with Crippen LogP contribution in [0.4, 0.5) is 5.82 Å². The summed E-state index contributed by atoms with van der Waals surface area (Å²) in [6.07, 6.45) is 7.52. The molecule has 2 aliphatic rings. The minimum atomic E-state index is 0.459. The molecule has 0 aromatic carbocycles. The van der Waals surface area contributed by atoms with Crippen LogP contribution in [0.15, 0.2) is 0 Å². The Kier molecular flexibility index (Phi) is 5.26. The summed E-state index contributed by atoms with van der Waals surface area (Å²) >= 11 is 0. The summed E-state index contributed by atoms with van der Waals surface area (Å²) in [5, 5.41) is 3.56. The maximum absolute atomic E-state index is 5.43. The Labute approximate surface area is 133 Å². The van der Waals surface area contributed by atoms with Gasteiger partial charge in [0.05, 0.1) is 6.10 Å². The summed E-state index contributed by atoms with van der Waals surface area (Å²) in [5.74, 6) is 1.97. The van der Waals surface area contributed by atoms with E-state index >= 15 is 0 Å². The summed E-state index contributed by atoms with van der Waals surface area (Å²) in [6, 6.07) is 0. The number of ether oxygens (including phenoxy) is 1. The van der Waals surface area contributed by atoms with E-state index in [1.165, 1.54) is 24.1 Å². The van der Waals surface area contributed by atoms with E-state index in [9.17, 15) is 0 Å². The lowest BCUT2D eigenvalue weighted by Crippen LogP contribution is -2.39. The van der Waals surface area contributed by atoms with Gasteiger partial charge in [-0.25, -0.2) is 9.97 Å². The monoisotopic (exact) mass is 304 g/mol. The first-order valence-electron chi connectivity index (χ1n) is 8.61. The molecule has 2 heterocycles. The Balaban J connectivity index is 1.53. The van der Waals surface area contributed by atoms with Crippen LogP contribution in [0.5, 0.6) is 0 Å². The van der Waals surface area contributed by atoms with Gasteiger partial charge in [0.1, 0.15) is 11.6 Å². The maximum Gasteiger partial charge on any atom is 0.133 e. The Hall–Kier alpha value is -1.20. The predicted molar refractivity (Wildman–Crippen MR) is 88.4 cm³/mol. The van der Waals surface area contributed by atoms with Crippen molar-refractivity contribution in [2.45, 2.75) is 51.6 Å². The van der Waals surface area contributed by atoms with E-state index < -0.39 is 0 Å². The molecule has 1 aromatic rings. The highest BCUT2D eigenvalue weighted by Crippen LogP contribution is 2.25. The molecular weight excluding hydrogens is 276 g/mol. The van der Waals surface area contributed by atoms with E-state index in [2.05, 4.69) is 20.2 Å². The molecule has 1 aliphatic heterocycles. The van der Waals surface area contributed by atoms with Crippen LogP contribution >= 0.6 is 0 Å². The van der Waals surface area contributed by atoms with E-state index in [1.54, 1.807) is 0 Å². The van der Waals surface area contributed by atoms with Crippen molar-refractivity contribution in [2.24, 2.45) is 0 Å². The number of likely N-dealkylation sites (tertiary alicyclic amines) is 1. The van der Waals surface area contributed by atoms with Crippen LogP contribution < -0.4 is 5.32 Å². The molecule has 0 saturated carbocycles. The molecule has 0 amide bonds. The number of methoxy groups -OCH3 is 1. The Bertz CT molecular complexity index is 498. The summed E-state index contributed by atoms with van der Waals surface area (Å²) < 4.78 is 5.43. The van der Waals surface area contributed by atoms with Crippen LogP contribution in [-0.4, -0.2) is 54.3 Å². The van der Waals surface area contributed by atoms with Gasteiger partial charge in [0.25, 0.3) is 0 Å². The van der Waals surface area contributed by atoms with Gasteiger partial charge in [-0.1, -0.05) is 0 Å². The smallest absolute Gasteiger partial charge is 0.133 e. The lowest BCUT2D eigenvalue weighted by atomic mass is 9.96. The molecule has 1 fully saturated rings.